The van der Waals surface area contributed by atoms with Crippen LogP contribution in [0.3, 0.4) is 0 Å². The minimum absolute atomic E-state index is 0. The Kier molecular flexibility index (Phi) is 7.15. The molecule has 2 atom stereocenters. The summed E-state index contributed by atoms with van der Waals surface area (Å²) in [5.41, 5.74) is 0. The van der Waals surface area contributed by atoms with E-state index in [2.05, 4.69) is 10.6 Å². The van der Waals surface area contributed by atoms with Crippen molar-refractivity contribution in [3.05, 3.63) is 0 Å². The molecule has 0 bridgehead atoms. The third-order valence-corrected chi connectivity index (χ3v) is 5.28. The van der Waals surface area contributed by atoms with Gasteiger partial charge in [0.2, 0.25) is 11.8 Å². The van der Waals surface area contributed by atoms with Crippen molar-refractivity contribution in [2.45, 2.75) is 44.9 Å². The van der Waals surface area contributed by atoms with Crippen molar-refractivity contribution in [3.8, 4) is 0 Å². The van der Waals surface area contributed by atoms with Crippen LogP contribution in [0, 0.1) is 17.8 Å². The number of hydrogen-bond acceptors (Lipinski definition) is 3. The van der Waals surface area contributed by atoms with Gasteiger partial charge >= 0.3 is 0 Å². The topological polar surface area (TPSA) is 61.4 Å². The monoisotopic (exact) mass is 343 g/mol. The molecule has 0 aromatic carbocycles. The van der Waals surface area contributed by atoms with Crippen molar-refractivity contribution in [1.29, 1.82) is 0 Å². The molecule has 0 spiro atoms. The van der Waals surface area contributed by atoms with Crippen LogP contribution in [-0.4, -0.2) is 49.4 Å². The van der Waals surface area contributed by atoms with E-state index in [0.717, 1.165) is 58.3 Å². The number of likely N-dealkylation sites (tertiary alicyclic amines) is 1. The lowest BCUT2D eigenvalue weighted by molar-refractivity contribution is -0.136. The van der Waals surface area contributed by atoms with Crippen LogP contribution in [0.15, 0.2) is 0 Å². The maximum atomic E-state index is 12.3. The smallest absolute Gasteiger partial charge is 0.225 e. The molecule has 2 aliphatic heterocycles. The number of amides is 2. The van der Waals surface area contributed by atoms with E-state index in [4.69, 9.17) is 0 Å². The molecule has 6 heteroatoms. The van der Waals surface area contributed by atoms with Crippen LogP contribution in [0.4, 0.5) is 0 Å². The third-order valence-electron chi connectivity index (χ3n) is 5.28. The van der Waals surface area contributed by atoms with E-state index in [1.165, 1.54) is 12.8 Å². The first kappa shape index (κ1) is 18.5. The molecule has 2 saturated heterocycles. The number of nitrogens with zero attached hydrogens (tertiary/aromatic N) is 1. The molecular formula is C17H30ClN3O2. The van der Waals surface area contributed by atoms with Crippen LogP contribution in [0.25, 0.3) is 0 Å². The lowest BCUT2D eigenvalue weighted by Crippen LogP contribution is -2.46. The molecule has 3 rings (SSSR count). The summed E-state index contributed by atoms with van der Waals surface area (Å²) in [7, 11) is 0. The molecule has 2 heterocycles. The normalized spacial score (nSPS) is 27.9. The first-order valence-corrected chi connectivity index (χ1v) is 9.01. The number of piperidine rings is 2. The Morgan fingerprint density at radius 3 is 2.61 bits per heavy atom. The molecule has 1 aliphatic carbocycles. The average molecular weight is 344 g/mol. The second-order valence-corrected chi connectivity index (χ2v) is 7.19. The molecule has 132 valence electrons. The van der Waals surface area contributed by atoms with Gasteiger partial charge in [-0.05, 0) is 64.0 Å². The number of rotatable bonds is 5. The molecular weight excluding hydrogens is 314 g/mol. The number of carbonyl (C=O) groups excluding carboxylic acids is 2. The summed E-state index contributed by atoms with van der Waals surface area (Å²) < 4.78 is 0. The maximum absolute atomic E-state index is 12.3. The van der Waals surface area contributed by atoms with Crippen LogP contribution in [-0.2, 0) is 9.59 Å². The van der Waals surface area contributed by atoms with Gasteiger partial charge in [-0.15, -0.1) is 12.4 Å². The first-order chi connectivity index (χ1) is 10.7. The number of halogens is 1. The van der Waals surface area contributed by atoms with Gasteiger partial charge in [0.15, 0.2) is 0 Å². The predicted molar refractivity (Wildman–Crippen MR) is 92.5 cm³/mol. The highest BCUT2D eigenvalue weighted by atomic mass is 35.5. The van der Waals surface area contributed by atoms with Gasteiger partial charge in [-0.3, -0.25) is 9.59 Å². The highest BCUT2D eigenvalue weighted by Crippen LogP contribution is 2.32. The third kappa shape index (κ3) is 5.35. The van der Waals surface area contributed by atoms with Gasteiger partial charge in [-0.2, -0.15) is 0 Å². The van der Waals surface area contributed by atoms with E-state index >= 15 is 0 Å². The number of nitrogens with one attached hydrogen (secondary N) is 2. The molecule has 3 fully saturated rings. The Morgan fingerprint density at radius 1 is 1.09 bits per heavy atom. The van der Waals surface area contributed by atoms with Gasteiger partial charge in [0.05, 0.1) is 5.92 Å². The van der Waals surface area contributed by atoms with E-state index in [-0.39, 0.29) is 36.1 Å². The standard InChI is InChI=1S/C17H29N3O2.ClH/c21-16(19-9-7-13-3-1-8-18-11-13)15-4-2-10-20(12-15)17(22)14-5-6-14;/h13-15,18H,1-12H2,(H,19,21);1H. The fraction of sp³-hybridized carbons (Fsp3) is 0.882. The molecule has 0 aromatic heterocycles. The summed E-state index contributed by atoms with van der Waals surface area (Å²) in [4.78, 5) is 26.4. The minimum Gasteiger partial charge on any atom is -0.356 e. The van der Waals surface area contributed by atoms with E-state index in [0.29, 0.717) is 12.5 Å². The van der Waals surface area contributed by atoms with Crippen molar-refractivity contribution < 1.29 is 9.59 Å². The Balaban J connectivity index is 0.00000192. The molecule has 2 amide bonds. The lowest BCUT2D eigenvalue weighted by atomic mass is 9.95. The second kappa shape index (κ2) is 8.88. The Bertz CT molecular complexity index is 409. The highest BCUT2D eigenvalue weighted by molar-refractivity contribution is 5.85. The fourth-order valence-electron chi connectivity index (χ4n) is 3.69. The second-order valence-electron chi connectivity index (χ2n) is 7.19. The molecule has 2 unspecified atom stereocenters. The summed E-state index contributed by atoms with van der Waals surface area (Å²) in [5.74, 6) is 1.40. The van der Waals surface area contributed by atoms with Crippen LogP contribution in [0.5, 0.6) is 0 Å². The van der Waals surface area contributed by atoms with Gasteiger partial charge < -0.3 is 15.5 Å². The van der Waals surface area contributed by atoms with Crippen molar-refractivity contribution in [3.63, 3.8) is 0 Å². The Hall–Kier alpha value is -0.810. The zero-order chi connectivity index (χ0) is 15.4. The predicted octanol–water partition coefficient (Wildman–Crippen LogP) is 1.56. The van der Waals surface area contributed by atoms with Gasteiger partial charge in [0.1, 0.15) is 0 Å². The molecule has 1 saturated carbocycles. The van der Waals surface area contributed by atoms with Gasteiger partial charge in [-0.25, -0.2) is 0 Å². The van der Waals surface area contributed by atoms with Crippen molar-refractivity contribution in [1.82, 2.24) is 15.5 Å². The molecule has 2 N–H and O–H groups in total. The first-order valence-electron chi connectivity index (χ1n) is 9.01. The minimum atomic E-state index is 0. The average Bonchev–Trinajstić information content (AvgIpc) is 3.40. The molecule has 5 nitrogen and oxygen atoms in total. The lowest BCUT2D eigenvalue weighted by Gasteiger charge is -2.32. The van der Waals surface area contributed by atoms with Crippen LogP contribution in [0.1, 0.15) is 44.9 Å². The quantitative estimate of drug-likeness (QED) is 0.796. The maximum Gasteiger partial charge on any atom is 0.225 e. The van der Waals surface area contributed by atoms with E-state index < -0.39 is 0 Å². The fourth-order valence-corrected chi connectivity index (χ4v) is 3.69. The highest BCUT2D eigenvalue weighted by Gasteiger charge is 2.36. The van der Waals surface area contributed by atoms with Crippen molar-refractivity contribution in [2.24, 2.45) is 17.8 Å². The Labute approximate surface area is 145 Å². The summed E-state index contributed by atoms with van der Waals surface area (Å²) in [6, 6.07) is 0. The molecule has 0 aromatic rings. The van der Waals surface area contributed by atoms with Crippen molar-refractivity contribution in [2.75, 3.05) is 32.7 Å². The molecule has 0 radical (unpaired) electrons. The van der Waals surface area contributed by atoms with Crippen LogP contribution in [0.2, 0.25) is 0 Å². The summed E-state index contributed by atoms with van der Waals surface area (Å²) >= 11 is 0. The van der Waals surface area contributed by atoms with Gasteiger partial charge in [0, 0.05) is 25.6 Å². The zero-order valence-corrected chi connectivity index (χ0v) is 14.7. The molecule has 3 aliphatic rings. The number of carbonyl (C=O) groups is 2. The number of hydrogen-bond donors (Lipinski definition) is 2. The molecule has 23 heavy (non-hydrogen) atoms. The largest absolute Gasteiger partial charge is 0.356 e. The summed E-state index contributed by atoms with van der Waals surface area (Å²) in [6.45, 7) is 4.47. The Morgan fingerprint density at radius 2 is 1.91 bits per heavy atom. The van der Waals surface area contributed by atoms with E-state index in [1.807, 2.05) is 4.90 Å². The van der Waals surface area contributed by atoms with Crippen LogP contribution >= 0.6 is 12.4 Å². The summed E-state index contributed by atoms with van der Waals surface area (Å²) in [5, 5.41) is 6.51. The van der Waals surface area contributed by atoms with Crippen LogP contribution < -0.4 is 10.6 Å². The van der Waals surface area contributed by atoms with Crippen molar-refractivity contribution >= 4 is 24.2 Å². The van der Waals surface area contributed by atoms with E-state index in [1.54, 1.807) is 0 Å². The van der Waals surface area contributed by atoms with Gasteiger partial charge in [0.25, 0.3) is 0 Å². The summed E-state index contributed by atoms with van der Waals surface area (Å²) in [6.07, 6.45) is 7.56. The zero-order valence-electron chi connectivity index (χ0n) is 13.9. The van der Waals surface area contributed by atoms with Gasteiger partial charge in [-0.1, -0.05) is 0 Å². The SMILES string of the molecule is Cl.O=C(NCCC1CCCNC1)C1CCCN(C(=O)C2CC2)C1. The van der Waals surface area contributed by atoms with E-state index in [9.17, 15) is 9.59 Å².